The first kappa shape index (κ1) is 19.2. The molecule has 134 valence electrons. The van der Waals surface area contributed by atoms with E-state index in [9.17, 15) is 14.9 Å². The van der Waals surface area contributed by atoms with Gasteiger partial charge in [0.2, 0.25) is 0 Å². The van der Waals surface area contributed by atoms with E-state index < -0.39 is 10.9 Å². The van der Waals surface area contributed by atoms with Gasteiger partial charge in [-0.3, -0.25) is 10.1 Å². The van der Waals surface area contributed by atoms with Crippen LogP contribution in [0.15, 0.2) is 65.2 Å². The van der Waals surface area contributed by atoms with Crippen LogP contribution in [0.4, 0.5) is 11.4 Å². The Morgan fingerprint density at radius 2 is 2.00 bits per heavy atom. The summed E-state index contributed by atoms with van der Waals surface area (Å²) < 4.78 is 4.78. The van der Waals surface area contributed by atoms with E-state index in [0.717, 1.165) is 0 Å². The van der Waals surface area contributed by atoms with Crippen LogP contribution in [0, 0.1) is 10.1 Å². The summed E-state index contributed by atoms with van der Waals surface area (Å²) in [6.45, 7) is 0. The molecule has 0 saturated heterocycles. The number of benzene rings is 2. The molecule has 0 aliphatic rings. The lowest BCUT2D eigenvalue weighted by Crippen LogP contribution is -2.12. The number of hydrogen-bond acceptors (Lipinski definition) is 6. The highest BCUT2D eigenvalue weighted by molar-refractivity contribution is 8.14. The van der Waals surface area contributed by atoms with Crippen LogP contribution in [0.1, 0.15) is 5.56 Å². The van der Waals surface area contributed by atoms with Gasteiger partial charge < -0.3 is 10.5 Å². The van der Waals surface area contributed by atoms with E-state index in [0.29, 0.717) is 22.0 Å². The number of carbonyl (C=O) groups excluding carboxylic acids is 1. The Bertz CT molecular complexity index is 851. The van der Waals surface area contributed by atoms with Crippen LogP contribution in [-0.2, 0) is 9.53 Å². The molecule has 0 fully saturated rings. The number of amidine groups is 1. The van der Waals surface area contributed by atoms with E-state index in [2.05, 4.69) is 4.99 Å². The summed E-state index contributed by atoms with van der Waals surface area (Å²) in [6, 6.07) is 15.2. The summed E-state index contributed by atoms with van der Waals surface area (Å²) in [5, 5.41) is 11.2. The highest BCUT2D eigenvalue weighted by atomic mass is 32.2. The third-order valence-electron chi connectivity index (χ3n) is 3.24. The fraction of sp³-hybridized carbons (Fsp3) is 0.111. The summed E-state index contributed by atoms with van der Waals surface area (Å²) in [5.41, 5.74) is 7.40. The number of para-hydroxylation sites is 1. The smallest absolute Gasteiger partial charge is 0.334 e. The minimum atomic E-state index is -0.531. The van der Waals surface area contributed by atoms with Crippen LogP contribution in [0.3, 0.4) is 0 Å². The fourth-order valence-electron chi connectivity index (χ4n) is 2.03. The van der Waals surface area contributed by atoms with Gasteiger partial charge in [-0.15, -0.1) is 0 Å². The molecule has 0 heterocycles. The molecule has 2 aromatic carbocycles. The van der Waals surface area contributed by atoms with Crippen LogP contribution >= 0.6 is 11.8 Å². The monoisotopic (exact) mass is 371 g/mol. The molecule has 0 spiro atoms. The van der Waals surface area contributed by atoms with Gasteiger partial charge >= 0.3 is 5.97 Å². The van der Waals surface area contributed by atoms with E-state index >= 15 is 0 Å². The molecule has 0 aliphatic heterocycles. The molecule has 0 bridgehead atoms. The highest BCUT2D eigenvalue weighted by Crippen LogP contribution is 2.19. The summed E-state index contributed by atoms with van der Waals surface area (Å²) in [5.74, 6) is -0.311. The van der Waals surface area contributed by atoms with E-state index in [1.165, 1.54) is 31.0 Å². The largest absolute Gasteiger partial charge is 0.466 e. The van der Waals surface area contributed by atoms with E-state index in [4.69, 9.17) is 10.5 Å². The topological polar surface area (TPSA) is 108 Å². The number of nitrogens with zero attached hydrogens (tertiary/aromatic N) is 2. The molecule has 2 aromatic rings. The Kier molecular flexibility index (Phi) is 6.92. The van der Waals surface area contributed by atoms with Gasteiger partial charge in [0, 0.05) is 23.5 Å². The minimum absolute atomic E-state index is 0.0548. The summed E-state index contributed by atoms with van der Waals surface area (Å²) >= 11 is 1.18. The molecule has 0 radical (unpaired) electrons. The fourth-order valence-corrected chi connectivity index (χ4v) is 2.71. The lowest BCUT2D eigenvalue weighted by Gasteiger charge is -2.06. The number of hydrogen-bond donors (Lipinski definition) is 1. The Morgan fingerprint density at radius 3 is 2.65 bits per heavy atom. The Balaban J connectivity index is 2.17. The molecule has 0 unspecified atom stereocenters. The number of aliphatic imine (C=N–C) groups is 1. The predicted octanol–water partition coefficient (Wildman–Crippen LogP) is 3.53. The van der Waals surface area contributed by atoms with Crippen molar-refractivity contribution in [2.45, 2.75) is 0 Å². The molecule has 0 amide bonds. The van der Waals surface area contributed by atoms with E-state index in [1.807, 2.05) is 30.3 Å². The molecule has 0 atom stereocenters. The maximum atomic E-state index is 12.0. The highest BCUT2D eigenvalue weighted by Gasteiger charge is 2.12. The number of esters is 1. The van der Waals surface area contributed by atoms with Crippen LogP contribution < -0.4 is 5.73 Å². The second-order valence-electron chi connectivity index (χ2n) is 5.09. The molecule has 2 rings (SSSR count). The average Bonchev–Trinajstić information content (AvgIpc) is 2.65. The molecule has 2 N–H and O–H groups in total. The van der Waals surface area contributed by atoms with Gasteiger partial charge in [-0.05, 0) is 23.8 Å². The van der Waals surface area contributed by atoms with Gasteiger partial charge in [-0.25, -0.2) is 9.79 Å². The van der Waals surface area contributed by atoms with Crippen LogP contribution in [0.25, 0.3) is 6.08 Å². The van der Waals surface area contributed by atoms with Crippen molar-refractivity contribution in [2.24, 2.45) is 10.7 Å². The number of rotatable bonds is 6. The first-order chi connectivity index (χ1) is 12.5. The van der Waals surface area contributed by atoms with Crippen molar-refractivity contribution in [3.63, 3.8) is 0 Å². The lowest BCUT2D eigenvalue weighted by atomic mass is 10.1. The maximum Gasteiger partial charge on any atom is 0.334 e. The summed E-state index contributed by atoms with van der Waals surface area (Å²) in [6.07, 6.45) is 1.54. The van der Waals surface area contributed by atoms with Crippen molar-refractivity contribution in [2.75, 3.05) is 12.9 Å². The second kappa shape index (κ2) is 9.38. The molecule has 7 nitrogen and oxygen atoms in total. The van der Waals surface area contributed by atoms with Gasteiger partial charge in [0.1, 0.15) is 0 Å². The standard InChI is InChI=1S/C18H17N3O4S/c1-25-17(22)14(10-13-6-5-9-16(11-13)21(23)24)12-26-18(19)20-15-7-3-2-4-8-15/h2-11H,12H2,1H3,(H2,19,20)/b14-10+. The Morgan fingerprint density at radius 1 is 1.27 bits per heavy atom. The third kappa shape index (κ3) is 5.75. The van der Waals surface area contributed by atoms with Crippen LogP contribution in [0.5, 0.6) is 0 Å². The van der Waals surface area contributed by atoms with E-state index in [-0.39, 0.29) is 11.4 Å². The van der Waals surface area contributed by atoms with Gasteiger partial charge in [-0.2, -0.15) is 0 Å². The minimum Gasteiger partial charge on any atom is -0.466 e. The Hall–Kier alpha value is -3.13. The van der Waals surface area contributed by atoms with Crippen LogP contribution in [-0.4, -0.2) is 28.9 Å². The Labute approximate surface area is 154 Å². The molecule has 0 aliphatic carbocycles. The lowest BCUT2D eigenvalue weighted by molar-refractivity contribution is -0.384. The number of nitro benzene ring substituents is 1. The zero-order valence-corrected chi connectivity index (χ0v) is 14.8. The molecule has 8 heteroatoms. The number of nitrogens with two attached hydrogens (primary N) is 1. The molecular formula is C18H17N3O4S. The van der Waals surface area contributed by atoms with E-state index in [1.54, 1.807) is 18.2 Å². The number of carbonyl (C=O) groups is 1. The zero-order chi connectivity index (χ0) is 18.9. The SMILES string of the molecule is COC(=O)/C(=C/c1cccc([N+](=O)[O-])c1)CSC(N)=Nc1ccccc1. The second-order valence-corrected chi connectivity index (χ2v) is 6.08. The van der Waals surface area contributed by atoms with Crippen molar-refractivity contribution in [1.82, 2.24) is 0 Å². The van der Waals surface area contributed by atoms with Crippen molar-refractivity contribution in [3.05, 3.63) is 75.8 Å². The molecule has 26 heavy (non-hydrogen) atoms. The molecule has 0 aromatic heterocycles. The summed E-state index contributed by atoms with van der Waals surface area (Å²) in [4.78, 5) is 26.6. The zero-order valence-electron chi connectivity index (χ0n) is 14.0. The van der Waals surface area contributed by atoms with Gasteiger partial charge in [0.25, 0.3) is 5.69 Å². The van der Waals surface area contributed by atoms with Gasteiger partial charge in [-0.1, -0.05) is 42.1 Å². The number of non-ortho nitro benzene ring substituents is 1. The number of ether oxygens (including phenoxy) is 1. The average molecular weight is 371 g/mol. The van der Waals surface area contributed by atoms with Gasteiger partial charge in [0.05, 0.1) is 17.7 Å². The summed E-state index contributed by atoms with van der Waals surface area (Å²) in [7, 11) is 1.27. The molecule has 0 saturated carbocycles. The van der Waals surface area contributed by atoms with Crippen molar-refractivity contribution < 1.29 is 14.5 Å². The maximum absolute atomic E-state index is 12.0. The molecular weight excluding hydrogens is 354 g/mol. The third-order valence-corrected chi connectivity index (χ3v) is 4.08. The van der Waals surface area contributed by atoms with Crippen molar-refractivity contribution >= 4 is 40.3 Å². The van der Waals surface area contributed by atoms with Crippen LogP contribution in [0.2, 0.25) is 0 Å². The number of nitro groups is 1. The van der Waals surface area contributed by atoms with Gasteiger partial charge in [0.15, 0.2) is 5.17 Å². The van der Waals surface area contributed by atoms with Crippen molar-refractivity contribution in [3.8, 4) is 0 Å². The number of methoxy groups -OCH3 is 1. The first-order valence-electron chi connectivity index (χ1n) is 7.55. The van der Waals surface area contributed by atoms with Crippen molar-refractivity contribution in [1.29, 1.82) is 0 Å². The number of thioether (sulfide) groups is 1. The normalized spacial score (nSPS) is 11.9. The first-order valence-corrected chi connectivity index (χ1v) is 8.53. The predicted molar refractivity (Wildman–Crippen MR) is 103 cm³/mol. The quantitative estimate of drug-likeness (QED) is 0.208.